The number of nitrogens with zero attached hydrogens (tertiary/aromatic N) is 2. The van der Waals surface area contributed by atoms with Crippen molar-refractivity contribution in [2.24, 2.45) is 7.05 Å². The molecule has 0 fully saturated rings. The van der Waals surface area contributed by atoms with Crippen LogP contribution in [0.1, 0.15) is 16.1 Å². The molecule has 1 N–H and O–H groups in total. The van der Waals surface area contributed by atoms with Gasteiger partial charge in [-0.3, -0.25) is 10.1 Å². The normalized spacial score (nSPS) is 10.9. The van der Waals surface area contributed by atoms with Crippen molar-refractivity contribution in [2.45, 2.75) is 6.92 Å². The van der Waals surface area contributed by atoms with Crippen LogP contribution in [0.2, 0.25) is 0 Å². The number of halogens is 1. The van der Waals surface area contributed by atoms with Crippen molar-refractivity contribution in [2.75, 3.05) is 5.32 Å². The maximum Gasteiger partial charge on any atom is 0.274 e. The lowest BCUT2D eigenvalue weighted by Crippen LogP contribution is -2.15. The van der Waals surface area contributed by atoms with Crippen LogP contribution in [0, 0.1) is 6.92 Å². The van der Waals surface area contributed by atoms with Crippen LogP contribution >= 0.6 is 27.3 Å². The first-order chi connectivity index (χ1) is 9.52. The Morgan fingerprint density at radius 3 is 2.90 bits per heavy atom. The highest BCUT2D eigenvalue weighted by molar-refractivity contribution is 9.10. The molecule has 2 heterocycles. The van der Waals surface area contributed by atoms with Gasteiger partial charge in [0.15, 0.2) is 5.13 Å². The maximum atomic E-state index is 12.2. The Balaban J connectivity index is 1.89. The van der Waals surface area contributed by atoms with Gasteiger partial charge in [0.05, 0.1) is 10.2 Å². The van der Waals surface area contributed by atoms with Gasteiger partial charge in [-0.15, -0.1) is 0 Å². The van der Waals surface area contributed by atoms with Gasteiger partial charge in [0.2, 0.25) is 0 Å². The summed E-state index contributed by atoms with van der Waals surface area (Å²) in [5, 5.41) is 3.47. The van der Waals surface area contributed by atoms with Crippen LogP contribution in [-0.2, 0) is 7.05 Å². The molecule has 0 atom stereocenters. The molecule has 102 valence electrons. The van der Waals surface area contributed by atoms with E-state index in [0.717, 1.165) is 14.7 Å². The van der Waals surface area contributed by atoms with E-state index in [2.05, 4.69) is 32.3 Å². The molecule has 20 heavy (non-hydrogen) atoms. The van der Waals surface area contributed by atoms with Crippen molar-refractivity contribution >= 4 is 48.5 Å². The van der Waals surface area contributed by atoms with E-state index in [9.17, 15) is 4.79 Å². The number of anilines is 1. The van der Waals surface area contributed by atoms with Crippen molar-refractivity contribution in [1.29, 1.82) is 0 Å². The smallest absolute Gasteiger partial charge is 0.274 e. The number of aryl methyl sites for hydroxylation is 2. The van der Waals surface area contributed by atoms with Gasteiger partial charge in [0.1, 0.15) is 5.69 Å². The Bertz CT molecular complexity index is 806. The zero-order valence-corrected chi connectivity index (χ0v) is 13.4. The molecule has 0 saturated heterocycles. The zero-order chi connectivity index (χ0) is 14.3. The van der Waals surface area contributed by atoms with Crippen LogP contribution in [0.4, 0.5) is 5.13 Å². The first-order valence-electron chi connectivity index (χ1n) is 6.03. The minimum Gasteiger partial charge on any atom is -0.345 e. The first-order valence-corrected chi connectivity index (χ1v) is 7.64. The Morgan fingerprint density at radius 1 is 1.40 bits per heavy atom. The summed E-state index contributed by atoms with van der Waals surface area (Å²) >= 11 is 4.84. The molecule has 0 aliphatic rings. The standard InChI is InChI=1S/C14H12BrN3OS/c1-8-3-4-10-12(5-8)20-14(16-10)17-13(19)11-6-9(15)7-18(11)2/h3-7H,1-2H3,(H,16,17,19). The summed E-state index contributed by atoms with van der Waals surface area (Å²) in [4.78, 5) is 16.6. The summed E-state index contributed by atoms with van der Waals surface area (Å²) in [5.41, 5.74) is 2.68. The average molecular weight is 350 g/mol. The Labute approximate surface area is 128 Å². The van der Waals surface area contributed by atoms with Crippen LogP contribution < -0.4 is 5.32 Å². The number of hydrogen-bond donors (Lipinski definition) is 1. The molecule has 0 saturated carbocycles. The SMILES string of the molecule is Cc1ccc2nc(NC(=O)c3cc(Br)cn3C)sc2c1. The number of nitrogens with one attached hydrogen (secondary N) is 1. The number of rotatable bonds is 2. The molecule has 3 aromatic rings. The molecule has 0 bridgehead atoms. The third-order valence-corrected chi connectivity index (χ3v) is 4.34. The summed E-state index contributed by atoms with van der Waals surface area (Å²) in [6.07, 6.45) is 1.84. The van der Waals surface area contributed by atoms with Gasteiger partial charge in [0, 0.05) is 17.7 Å². The lowest BCUT2D eigenvalue weighted by atomic mass is 10.2. The summed E-state index contributed by atoms with van der Waals surface area (Å²) < 4.78 is 3.73. The molecule has 0 unspecified atom stereocenters. The number of fused-ring (bicyclic) bond motifs is 1. The van der Waals surface area contributed by atoms with Crippen molar-refractivity contribution < 1.29 is 4.79 Å². The lowest BCUT2D eigenvalue weighted by molar-refractivity contribution is 0.101. The van der Waals surface area contributed by atoms with E-state index in [1.807, 2.05) is 32.3 Å². The van der Waals surface area contributed by atoms with Gasteiger partial charge in [-0.1, -0.05) is 17.4 Å². The zero-order valence-electron chi connectivity index (χ0n) is 11.0. The van der Waals surface area contributed by atoms with Crippen LogP contribution in [0.5, 0.6) is 0 Å². The lowest BCUT2D eigenvalue weighted by Gasteiger charge is -2.02. The van der Waals surface area contributed by atoms with Gasteiger partial charge < -0.3 is 4.57 Å². The second kappa shape index (κ2) is 5.03. The molecular formula is C14H12BrN3OS. The molecule has 0 spiro atoms. The fourth-order valence-electron chi connectivity index (χ4n) is 2.00. The van der Waals surface area contributed by atoms with Crippen LogP contribution in [0.25, 0.3) is 10.2 Å². The second-order valence-electron chi connectivity index (χ2n) is 4.60. The topological polar surface area (TPSA) is 46.9 Å². The molecule has 1 aromatic carbocycles. The number of aromatic nitrogens is 2. The molecule has 0 aliphatic heterocycles. The highest BCUT2D eigenvalue weighted by atomic mass is 79.9. The summed E-state index contributed by atoms with van der Waals surface area (Å²) in [6, 6.07) is 7.84. The summed E-state index contributed by atoms with van der Waals surface area (Å²) in [6.45, 7) is 2.04. The fraction of sp³-hybridized carbons (Fsp3) is 0.143. The van der Waals surface area contributed by atoms with E-state index in [-0.39, 0.29) is 5.91 Å². The average Bonchev–Trinajstić information content (AvgIpc) is 2.91. The van der Waals surface area contributed by atoms with E-state index >= 15 is 0 Å². The predicted molar refractivity (Wildman–Crippen MR) is 85.4 cm³/mol. The molecular weight excluding hydrogens is 338 g/mol. The van der Waals surface area contributed by atoms with E-state index in [0.29, 0.717) is 10.8 Å². The van der Waals surface area contributed by atoms with Gasteiger partial charge in [0.25, 0.3) is 5.91 Å². The molecule has 1 amide bonds. The minimum atomic E-state index is -0.158. The van der Waals surface area contributed by atoms with Crippen LogP contribution in [0.15, 0.2) is 34.9 Å². The Hall–Kier alpha value is -1.66. The third-order valence-electron chi connectivity index (χ3n) is 2.97. The first kappa shape index (κ1) is 13.3. The molecule has 3 rings (SSSR count). The fourth-order valence-corrected chi connectivity index (χ4v) is 3.48. The van der Waals surface area contributed by atoms with Crippen LogP contribution in [0.3, 0.4) is 0 Å². The van der Waals surface area contributed by atoms with Gasteiger partial charge in [-0.25, -0.2) is 4.98 Å². The highest BCUT2D eigenvalue weighted by Gasteiger charge is 2.13. The number of hydrogen-bond acceptors (Lipinski definition) is 3. The van der Waals surface area contributed by atoms with Crippen molar-refractivity contribution in [1.82, 2.24) is 9.55 Å². The van der Waals surface area contributed by atoms with E-state index in [1.54, 1.807) is 10.6 Å². The number of benzene rings is 1. The van der Waals surface area contributed by atoms with Crippen LogP contribution in [-0.4, -0.2) is 15.5 Å². The van der Waals surface area contributed by atoms with E-state index in [4.69, 9.17) is 0 Å². The van der Waals surface area contributed by atoms with Gasteiger partial charge in [-0.05, 0) is 46.6 Å². The predicted octanol–water partition coefficient (Wildman–Crippen LogP) is 3.96. The molecule has 0 radical (unpaired) electrons. The summed E-state index contributed by atoms with van der Waals surface area (Å²) in [7, 11) is 1.83. The largest absolute Gasteiger partial charge is 0.345 e. The van der Waals surface area contributed by atoms with Crippen molar-refractivity contribution in [3.05, 3.63) is 46.2 Å². The number of thiazole rings is 1. The van der Waals surface area contributed by atoms with E-state index < -0.39 is 0 Å². The Kier molecular flexibility index (Phi) is 3.35. The number of carbonyl (C=O) groups excluding carboxylic acids is 1. The third kappa shape index (κ3) is 2.48. The monoisotopic (exact) mass is 349 g/mol. The number of amides is 1. The maximum absolute atomic E-state index is 12.2. The molecule has 2 aromatic heterocycles. The molecule has 4 nitrogen and oxygen atoms in total. The van der Waals surface area contributed by atoms with Crippen molar-refractivity contribution in [3.63, 3.8) is 0 Å². The van der Waals surface area contributed by atoms with E-state index in [1.165, 1.54) is 16.9 Å². The molecule has 6 heteroatoms. The Morgan fingerprint density at radius 2 is 2.20 bits per heavy atom. The van der Waals surface area contributed by atoms with Gasteiger partial charge in [-0.2, -0.15) is 0 Å². The van der Waals surface area contributed by atoms with Crippen molar-refractivity contribution in [3.8, 4) is 0 Å². The molecule has 0 aliphatic carbocycles. The summed E-state index contributed by atoms with van der Waals surface area (Å²) in [5.74, 6) is -0.158. The second-order valence-corrected chi connectivity index (χ2v) is 6.55. The quantitative estimate of drug-likeness (QED) is 0.761. The minimum absolute atomic E-state index is 0.158. The number of carbonyl (C=O) groups is 1. The highest BCUT2D eigenvalue weighted by Crippen LogP contribution is 2.27. The van der Waals surface area contributed by atoms with Gasteiger partial charge >= 0.3 is 0 Å².